The average Bonchev–Trinajstić information content (AvgIpc) is 2.83. The lowest BCUT2D eigenvalue weighted by atomic mass is 9.93. The van der Waals surface area contributed by atoms with E-state index in [1.54, 1.807) is 30.3 Å². The quantitative estimate of drug-likeness (QED) is 0.340. The van der Waals surface area contributed by atoms with Gasteiger partial charge in [-0.1, -0.05) is 53.5 Å². The van der Waals surface area contributed by atoms with Crippen LogP contribution in [0.4, 0.5) is 5.69 Å². The van der Waals surface area contributed by atoms with Crippen molar-refractivity contribution in [3.8, 4) is 5.75 Å². The molecule has 3 aromatic carbocycles. The molecule has 0 atom stereocenters. The van der Waals surface area contributed by atoms with Crippen molar-refractivity contribution in [3.63, 3.8) is 0 Å². The van der Waals surface area contributed by atoms with Crippen LogP contribution >= 0.6 is 23.2 Å². The smallest absolute Gasteiger partial charge is 0.244 e. The van der Waals surface area contributed by atoms with E-state index in [9.17, 15) is 23.1 Å². The zero-order valence-electron chi connectivity index (χ0n) is 20.1. The Labute approximate surface area is 230 Å². The third kappa shape index (κ3) is 6.57. The highest BCUT2D eigenvalue weighted by Crippen LogP contribution is 2.37. The number of primary amides is 1. The molecule has 200 valence electrons. The lowest BCUT2D eigenvalue weighted by Gasteiger charge is -2.49. The normalized spacial score (nSPS) is 14.2. The minimum Gasteiger partial charge on any atom is -0.508 e. The number of aromatic hydroxyl groups is 1. The van der Waals surface area contributed by atoms with Gasteiger partial charge in [-0.2, -0.15) is 0 Å². The first-order chi connectivity index (χ1) is 18.0. The molecule has 0 unspecified atom stereocenters. The van der Waals surface area contributed by atoms with Gasteiger partial charge in [-0.25, -0.2) is 8.42 Å². The summed E-state index contributed by atoms with van der Waals surface area (Å²) in [6.45, 7) is 0.211. The molecule has 2 amide bonds. The number of benzene rings is 3. The predicted molar refractivity (Wildman–Crippen MR) is 147 cm³/mol. The Balaban J connectivity index is 1.62. The number of phenols is 1. The second-order valence-electron chi connectivity index (χ2n) is 8.93. The summed E-state index contributed by atoms with van der Waals surface area (Å²) in [5, 5.41) is 13.4. The second-order valence-corrected chi connectivity index (χ2v) is 11.6. The summed E-state index contributed by atoms with van der Waals surface area (Å²) in [6, 6.07) is 20.0. The molecule has 38 heavy (non-hydrogen) atoms. The molecule has 4 N–H and O–H groups in total. The van der Waals surface area contributed by atoms with Gasteiger partial charge in [-0.15, -0.1) is 0 Å². The number of rotatable bonds is 10. The van der Waals surface area contributed by atoms with Crippen molar-refractivity contribution in [3.05, 3.63) is 94.0 Å². The van der Waals surface area contributed by atoms with Crippen molar-refractivity contribution >= 4 is 50.7 Å². The van der Waals surface area contributed by atoms with Crippen molar-refractivity contribution in [2.75, 3.05) is 29.7 Å². The largest absolute Gasteiger partial charge is 0.508 e. The lowest BCUT2D eigenvalue weighted by Crippen LogP contribution is -2.62. The molecule has 12 heteroatoms. The molecule has 0 aliphatic carbocycles. The first-order valence-corrected chi connectivity index (χ1v) is 14.0. The summed E-state index contributed by atoms with van der Waals surface area (Å²) in [4.78, 5) is 25.4. The molecule has 1 fully saturated rings. The van der Waals surface area contributed by atoms with Gasteiger partial charge < -0.3 is 16.2 Å². The number of hydrogen-bond donors (Lipinski definition) is 3. The minimum atomic E-state index is -4.19. The Morgan fingerprint density at radius 3 is 2.05 bits per heavy atom. The molecule has 0 aromatic heterocycles. The van der Waals surface area contributed by atoms with E-state index in [4.69, 9.17) is 28.9 Å². The van der Waals surface area contributed by atoms with Crippen LogP contribution in [0.1, 0.15) is 17.2 Å². The fraction of sp³-hybridized carbons (Fsp3) is 0.231. The summed E-state index contributed by atoms with van der Waals surface area (Å²) in [5.41, 5.74) is 7.21. The van der Waals surface area contributed by atoms with Gasteiger partial charge in [0.2, 0.25) is 21.8 Å². The molecule has 0 radical (unpaired) electrons. The van der Waals surface area contributed by atoms with Crippen LogP contribution in [0.2, 0.25) is 10.0 Å². The summed E-state index contributed by atoms with van der Waals surface area (Å²) in [6.07, 6.45) is 0. The van der Waals surface area contributed by atoms with E-state index >= 15 is 0 Å². The summed E-state index contributed by atoms with van der Waals surface area (Å²) in [7, 11) is -4.19. The third-order valence-corrected chi connectivity index (χ3v) is 8.36. The predicted octanol–water partition coefficient (Wildman–Crippen LogP) is 2.91. The van der Waals surface area contributed by atoms with E-state index < -0.39 is 40.2 Å². The van der Waals surface area contributed by atoms with E-state index in [1.165, 1.54) is 18.2 Å². The Morgan fingerprint density at radius 1 is 1.00 bits per heavy atom. The number of carbonyl (C=O) groups excluding carboxylic acids is 2. The lowest BCUT2D eigenvalue weighted by molar-refractivity contribution is -0.123. The van der Waals surface area contributed by atoms with Crippen molar-refractivity contribution in [2.45, 2.75) is 12.1 Å². The molecule has 0 bridgehead atoms. The van der Waals surface area contributed by atoms with E-state index in [1.807, 2.05) is 24.3 Å². The van der Waals surface area contributed by atoms with Gasteiger partial charge in [0, 0.05) is 29.2 Å². The number of likely N-dealkylation sites (tertiary alicyclic amines) is 1. The molecular formula is C26H26Cl2N4O5S. The molecule has 3 aromatic rings. The van der Waals surface area contributed by atoms with Gasteiger partial charge in [-0.3, -0.25) is 18.8 Å². The van der Waals surface area contributed by atoms with Crippen LogP contribution in [0.25, 0.3) is 0 Å². The van der Waals surface area contributed by atoms with E-state index in [0.29, 0.717) is 23.1 Å². The Hall–Kier alpha value is -3.31. The molecule has 1 aliphatic rings. The number of nitrogens with one attached hydrogen (secondary N) is 1. The molecule has 1 saturated heterocycles. The number of carbonyl (C=O) groups is 2. The van der Waals surface area contributed by atoms with E-state index in [0.717, 1.165) is 15.4 Å². The highest BCUT2D eigenvalue weighted by molar-refractivity contribution is 7.93. The SMILES string of the molecule is NC(=O)CNC(=O)CS(=O)(=O)N(c1cccc(O)c1)C1CN(C(c2ccc(Cl)cc2)c2ccc(Cl)cc2)C1. The van der Waals surface area contributed by atoms with Crippen LogP contribution in [0.15, 0.2) is 72.8 Å². The van der Waals surface area contributed by atoms with Crippen LogP contribution in [0, 0.1) is 0 Å². The van der Waals surface area contributed by atoms with Gasteiger partial charge in [0.15, 0.2) is 0 Å². The van der Waals surface area contributed by atoms with Crippen LogP contribution in [0.5, 0.6) is 5.75 Å². The monoisotopic (exact) mass is 576 g/mol. The van der Waals surface area contributed by atoms with Crippen LogP contribution < -0.4 is 15.4 Å². The van der Waals surface area contributed by atoms with Crippen molar-refractivity contribution in [2.24, 2.45) is 5.73 Å². The summed E-state index contributed by atoms with van der Waals surface area (Å²) in [5.74, 6) is -2.64. The van der Waals surface area contributed by atoms with Crippen LogP contribution in [-0.4, -0.2) is 61.7 Å². The van der Waals surface area contributed by atoms with E-state index in [-0.39, 0.29) is 17.5 Å². The average molecular weight is 577 g/mol. The maximum Gasteiger partial charge on any atom is 0.244 e. The molecule has 4 rings (SSSR count). The molecule has 0 saturated carbocycles. The van der Waals surface area contributed by atoms with Gasteiger partial charge in [0.1, 0.15) is 11.5 Å². The maximum absolute atomic E-state index is 13.4. The topological polar surface area (TPSA) is 133 Å². The molecule has 9 nitrogen and oxygen atoms in total. The van der Waals surface area contributed by atoms with Gasteiger partial charge in [0.05, 0.1) is 24.3 Å². The number of amides is 2. The number of sulfonamides is 1. The Kier molecular flexibility index (Phi) is 8.47. The fourth-order valence-electron chi connectivity index (χ4n) is 4.45. The molecule has 1 heterocycles. The first kappa shape index (κ1) is 27.7. The minimum absolute atomic E-state index is 0.114. The molecular weight excluding hydrogens is 551 g/mol. The number of nitrogens with two attached hydrogens (primary N) is 1. The standard InChI is InChI=1S/C26H26Cl2N4O5S/c27-19-8-4-17(5-9-19)26(18-6-10-20(28)11-7-18)31-14-22(15-31)32(21-2-1-3-23(33)12-21)38(36,37)16-25(35)30-13-24(29)34/h1-12,22,26,33H,13-16H2,(H2,29,34)(H,30,35). The van der Waals surface area contributed by atoms with Crippen LogP contribution in [-0.2, 0) is 19.6 Å². The van der Waals surface area contributed by atoms with Crippen molar-refractivity contribution in [1.29, 1.82) is 0 Å². The van der Waals surface area contributed by atoms with Gasteiger partial charge in [-0.05, 0) is 47.5 Å². The summed E-state index contributed by atoms with van der Waals surface area (Å²) < 4.78 is 28.0. The zero-order valence-corrected chi connectivity index (χ0v) is 22.5. The van der Waals surface area contributed by atoms with Crippen molar-refractivity contribution in [1.82, 2.24) is 10.2 Å². The fourth-order valence-corrected chi connectivity index (χ4v) is 6.30. The number of phenolic OH excluding ortho intramolecular Hbond substituents is 1. The third-order valence-electron chi connectivity index (χ3n) is 6.12. The molecule has 0 spiro atoms. The number of anilines is 1. The summed E-state index contributed by atoms with van der Waals surface area (Å²) >= 11 is 12.2. The zero-order chi connectivity index (χ0) is 27.4. The Morgan fingerprint density at radius 2 is 1.55 bits per heavy atom. The maximum atomic E-state index is 13.4. The highest BCUT2D eigenvalue weighted by atomic mass is 35.5. The van der Waals surface area contributed by atoms with Gasteiger partial charge >= 0.3 is 0 Å². The van der Waals surface area contributed by atoms with Crippen molar-refractivity contribution < 1.29 is 23.1 Å². The molecule has 1 aliphatic heterocycles. The first-order valence-electron chi connectivity index (χ1n) is 11.6. The van der Waals surface area contributed by atoms with E-state index in [2.05, 4.69) is 10.2 Å². The number of halogens is 2. The van der Waals surface area contributed by atoms with Crippen LogP contribution in [0.3, 0.4) is 0 Å². The van der Waals surface area contributed by atoms with Gasteiger partial charge in [0.25, 0.3) is 0 Å². The number of hydrogen-bond acceptors (Lipinski definition) is 6. The Bertz CT molecular complexity index is 1370. The second kappa shape index (κ2) is 11.6. The number of nitrogens with zero attached hydrogens (tertiary/aromatic N) is 2. The highest BCUT2D eigenvalue weighted by Gasteiger charge is 2.42.